The molecule has 0 spiro atoms. The molecule has 0 aromatic carbocycles. The average molecular weight is 402 g/mol. The summed E-state index contributed by atoms with van der Waals surface area (Å²) in [6.45, 7) is 2.55. The number of carbonyl (C=O) groups is 1. The summed E-state index contributed by atoms with van der Waals surface area (Å²) in [7, 11) is -3.94. The third-order valence-corrected chi connectivity index (χ3v) is 5.14. The first-order valence-electron chi connectivity index (χ1n) is 10.1. The maximum atomic E-state index is 11.6. The molecular weight excluding hydrogens is 361 g/mol. The number of Topliss-reactive ketones (excluding diaryl/α,β-unsaturated/α-hetero) is 1. The van der Waals surface area contributed by atoms with Crippen LogP contribution in [0.5, 0.6) is 0 Å². The Hall–Kier alpha value is 0.540. The van der Waals surface area contributed by atoms with Gasteiger partial charge in [0.05, 0.1) is 12.3 Å². The molecule has 5 nitrogen and oxygen atoms in total. The van der Waals surface area contributed by atoms with Crippen molar-refractivity contribution in [3.63, 3.8) is 0 Å². The van der Waals surface area contributed by atoms with E-state index in [2.05, 4.69) is 12.2 Å². The van der Waals surface area contributed by atoms with Crippen LogP contribution in [0.25, 0.3) is 0 Å². The summed E-state index contributed by atoms with van der Waals surface area (Å²) in [6.07, 6.45) is 17.3. The zero-order valence-electron chi connectivity index (χ0n) is 16.1. The predicted molar refractivity (Wildman–Crippen MR) is 112 cm³/mol. The fourth-order valence-electron chi connectivity index (χ4n) is 2.86. The molecule has 0 unspecified atom stereocenters. The van der Waals surface area contributed by atoms with Crippen molar-refractivity contribution in [3.8, 4) is 0 Å². The van der Waals surface area contributed by atoms with Crippen molar-refractivity contribution in [2.75, 3.05) is 18.8 Å². The molecule has 152 valence electrons. The third kappa shape index (κ3) is 24.5. The van der Waals surface area contributed by atoms with Gasteiger partial charge in [0, 0.05) is 13.0 Å². The van der Waals surface area contributed by atoms with E-state index in [0.29, 0.717) is 6.42 Å². The van der Waals surface area contributed by atoms with Crippen molar-refractivity contribution in [3.05, 3.63) is 0 Å². The van der Waals surface area contributed by atoms with Crippen LogP contribution in [0.4, 0.5) is 0 Å². The Morgan fingerprint density at radius 2 is 1.23 bits per heavy atom. The molecule has 0 saturated carbocycles. The SMILES string of the molecule is CCCCCCCCCCCCCCCC(=O)CNCCS(=O)(=O)O.[NaH]. The van der Waals surface area contributed by atoms with Crippen molar-refractivity contribution in [2.45, 2.75) is 96.8 Å². The summed E-state index contributed by atoms with van der Waals surface area (Å²) in [5.41, 5.74) is 0. The van der Waals surface area contributed by atoms with E-state index in [1.54, 1.807) is 0 Å². The van der Waals surface area contributed by atoms with Crippen LogP contribution in [0, 0.1) is 0 Å². The van der Waals surface area contributed by atoms with Crippen LogP contribution in [0.1, 0.15) is 96.8 Å². The number of carbonyl (C=O) groups excluding carboxylic acids is 1. The van der Waals surface area contributed by atoms with E-state index >= 15 is 0 Å². The van der Waals surface area contributed by atoms with Gasteiger partial charge in [-0.2, -0.15) is 8.42 Å². The monoisotopic (exact) mass is 401 g/mol. The van der Waals surface area contributed by atoms with Crippen LogP contribution in [-0.4, -0.2) is 67.2 Å². The summed E-state index contributed by atoms with van der Waals surface area (Å²) in [4.78, 5) is 11.6. The van der Waals surface area contributed by atoms with Gasteiger partial charge in [0.15, 0.2) is 0 Å². The van der Waals surface area contributed by atoms with Crippen LogP contribution in [0.3, 0.4) is 0 Å². The number of nitrogens with one attached hydrogen (secondary N) is 1. The van der Waals surface area contributed by atoms with Gasteiger partial charge in [-0.05, 0) is 6.42 Å². The Balaban J connectivity index is 0. The fraction of sp³-hybridized carbons (Fsp3) is 0.947. The first-order chi connectivity index (χ1) is 12.0. The fourth-order valence-corrected chi connectivity index (χ4v) is 3.26. The maximum absolute atomic E-state index is 11.6. The molecule has 0 radical (unpaired) electrons. The molecule has 0 aliphatic rings. The van der Waals surface area contributed by atoms with E-state index in [1.807, 2.05) is 0 Å². The van der Waals surface area contributed by atoms with Gasteiger partial charge in [0.25, 0.3) is 10.1 Å². The van der Waals surface area contributed by atoms with Gasteiger partial charge in [-0.1, -0.05) is 84.0 Å². The number of hydrogen-bond acceptors (Lipinski definition) is 4. The van der Waals surface area contributed by atoms with Crippen LogP contribution in [-0.2, 0) is 14.9 Å². The van der Waals surface area contributed by atoms with Crippen LogP contribution < -0.4 is 5.32 Å². The number of rotatable bonds is 19. The molecule has 0 fully saturated rings. The minimum absolute atomic E-state index is 0. The molecule has 2 N–H and O–H groups in total. The van der Waals surface area contributed by atoms with Crippen molar-refractivity contribution in [2.24, 2.45) is 0 Å². The number of ketones is 1. The summed E-state index contributed by atoms with van der Waals surface area (Å²) in [5, 5.41) is 2.75. The van der Waals surface area contributed by atoms with Gasteiger partial charge in [0.2, 0.25) is 0 Å². The summed E-state index contributed by atoms with van der Waals surface area (Å²) in [6, 6.07) is 0. The van der Waals surface area contributed by atoms with Crippen LogP contribution >= 0.6 is 0 Å². The number of unbranched alkanes of at least 4 members (excludes halogenated alkanes) is 12. The van der Waals surface area contributed by atoms with Gasteiger partial charge in [-0.25, -0.2) is 0 Å². The second-order valence-electron chi connectivity index (χ2n) is 6.99. The molecule has 0 bridgehead atoms. The van der Waals surface area contributed by atoms with Crippen LogP contribution in [0.2, 0.25) is 0 Å². The molecule has 0 heterocycles. The Bertz CT molecular complexity index is 416. The van der Waals surface area contributed by atoms with E-state index in [1.165, 1.54) is 70.6 Å². The molecule has 0 amide bonds. The van der Waals surface area contributed by atoms with Gasteiger partial charge < -0.3 is 5.32 Å². The molecule has 0 aliphatic heterocycles. The molecule has 7 heteroatoms. The van der Waals surface area contributed by atoms with Crippen molar-refractivity contribution < 1.29 is 17.8 Å². The van der Waals surface area contributed by atoms with Gasteiger partial charge >= 0.3 is 29.6 Å². The quantitative estimate of drug-likeness (QED) is 0.195. The van der Waals surface area contributed by atoms with E-state index in [-0.39, 0.29) is 54.2 Å². The molecule has 0 aliphatic carbocycles. The topological polar surface area (TPSA) is 83.5 Å². The molecule has 0 atom stereocenters. The normalized spacial score (nSPS) is 11.3. The van der Waals surface area contributed by atoms with E-state index in [0.717, 1.165) is 12.8 Å². The molecule has 0 rings (SSSR count). The Morgan fingerprint density at radius 3 is 1.65 bits per heavy atom. The summed E-state index contributed by atoms with van der Waals surface area (Å²) in [5.74, 6) is -0.239. The Kier molecular flexibility index (Phi) is 22.4. The standard InChI is InChI=1S/C19H39NO4S.Na.H/c1-2-3-4-5-6-7-8-9-10-11-12-13-14-15-19(21)18-20-16-17-25(22,23)24;;/h20H,2-18H2,1H3,(H,22,23,24);;. The van der Waals surface area contributed by atoms with Gasteiger partial charge in [0.1, 0.15) is 5.78 Å². The van der Waals surface area contributed by atoms with Gasteiger partial charge in [-0.15, -0.1) is 0 Å². The summed E-state index contributed by atoms with van der Waals surface area (Å²) < 4.78 is 29.6. The minimum atomic E-state index is -3.94. The van der Waals surface area contributed by atoms with Crippen LogP contribution in [0.15, 0.2) is 0 Å². The number of hydrogen-bond donors (Lipinski definition) is 2. The van der Waals surface area contributed by atoms with E-state index < -0.39 is 10.1 Å². The second-order valence-corrected chi connectivity index (χ2v) is 8.57. The van der Waals surface area contributed by atoms with Gasteiger partial charge in [-0.3, -0.25) is 9.35 Å². The van der Waals surface area contributed by atoms with Crippen molar-refractivity contribution >= 4 is 45.5 Å². The second kappa shape index (κ2) is 20.3. The van der Waals surface area contributed by atoms with E-state index in [9.17, 15) is 13.2 Å². The average Bonchev–Trinajstić information content (AvgIpc) is 2.55. The molecular formula is C19H40NNaO4S. The molecule has 26 heavy (non-hydrogen) atoms. The predicted octanol–water partition coefficient (Wildman–Crippen LogP) is 3.87. The third-order valence-electron chi connectivity index (χ3n) is 4.42. The van der Waals surface area contributed by atoms with Crippen molar-refractivity contribution in [1.82, 2.24) is 5.32 Å². The Morgan fingerprint density at radius 1 is 0.808 bits per heavy atom. The first-order valence-corrected chi connectivity index (χ1v) is 11.7. The molecule has 0 aromatic rings. The zero-order valence-corrected chi connectivity index (χ0v) is 16.9. The van der Waals surface area contributed by atoms with E-state index in [4.69, 9.17) is 4.55 Å². The first kappa shape index (κ1) is 28.7. The zero-order chi connectivity index (χ0) is 18.8. The Labute approximate surface area is 183 Å². The summed E-state index contributed by atoms with van der Waals surface area (Å²) >= 11 is 0. The molecule has 0 aromatic heterocycles. The van der Waals surface area contributed by atoms with Crippen molar-refractivity contribution in [1.29, 1.82) is 0 Å². The molecule has 0 saturated heterocycles.